The molecule has 6 rings (SSSR count). The summed E-state index contributed by atoms with van der Waals surface area (Å²) in [5.74, 6) is -4.26. The predicted octanol–water partition coefficient (Wildman–Crippen LogP) is 4.04. The third kappa shape index (κ3) is 2.82. The number of nitrogens with zero attached hydrogens (tertiary/aromatic N) is 1. The first-order valence-electron chi connectivity index (χ1n) is 11.0. The van der Waals surface area contributed by atoms with Crippen molar-refractivity contribution in [2.24, 2.45) is 11.8 Å². The van der Waals surface area contributed by atoms with Gasteiger partial charge in [0.1, 0.15) is 5.75 Å². The number of imide groups is 1. The lowest BCUT2D eigenvalue weighted by Gasteiger charge is -2.27. The van der Waals surface area contributed by atoms with E-state index in [0.29, 0.717) is 22.0 Å². The highest BCUT2D eigenvalue weighted by Crippen LogP contribution is 2.57. The number of hydrogen-bond donors (Lipinski definition) is 0. The Labute approximate surface area is 205 Å². The Bertz CT molecular complexity index is 1400. The molecule has 2 aliphatic heterocycles. The van der Waals surface area contributed by atoms with Crippen molar-refractivity contribution in [2.45, 2.75) is 11.7 Å². The van der Waals surface area contributed by atoms with E-state index in [0.717, 1.165) is 4.90 Å². The molecule has 0 bridgehead atoms. The largest absolute Gasteiger partial charge is 0.497 e. The van der Waals surface area contributed by atoms with Gasteiger partial charge in [-0.2, -0.15) is 0 Å². The third-order valence-corrected chi connectivity index (χ3v) is 7.28. The van der Waals surface area contributed by atoms with E-state index in [1.54, 1.807) is 72.8 Å². The predicted molar refractivity (Wildman–Crippen MR) is 126 cm³/mol. The van der Waals surface area contributed by atoms with E-state index in [9.17, 15) is 19.2 Å². The minimum atomic E-state index is -2.12. The molecule has 0 radical (unpaired) electrons. The number of rotatable bonds is 3. The van der Waals surface area contributed by atoms with Crippen molar-refractivity contribution in [3.05, 3.63) is 94.5 Å². The number of ether oxygens (including phenoxy) is 2. The van der Waals surface area contributed by atoms with Crippen molar-refractivity contribution >= 4 is 40.7 Å². The first-order chi connectivity index (χ1) is 16.9. The standard InChI is InChI=1S/C27H18ClNO6/c1-34-17-6-4-5-14(13-17)22-20-21(26(33)29(25(20)32)16-11-9-15(28)10-12-16)27(35-22)23(30)18-7-2-3-8-19(18)24(27)31/h2-13,20-22H,1H3/t20-,21-,22+/m1/s1. The number of benzene rings is 3. The monoisotopic (exact) mass is 487 g/mol. The molecule has 2 fully saturated rings. The maximum atomic E-state index is 13.8. The Morgan fingerprint density at radius 2 is 1.51 bits per heavy atom. The highest BCUT2D eigenvalue weighted by molar-refractivity contribution is 6.37. The molecule has 0 unspecified atom stereocenters. The van der Waals surface area contributed by atoms with Gasteiger partial charge in [0.15, 0.2) is 0 Å². The molecule has 2 saturated heterocycles. The molecule has 3 aliphatic rings. The Hall–Kier alpha value is -3.81. The SMILES string of the molecule is COc1cccc([C@@H]2OC3(C(=O)c4ccccc4C3=O)[C@H]3C(=O)N(c4ccc(Cl)cc4)C(=O)[C@@H]23)c1. The fourth-order valence-corrected chi connectivity index (χ4v) is 5.61. The Kier molecular flexibility index (Phi) is 4.71. The van der Waals surface area contributed by atoms with Crippen molar-refractivity contribution in [1.82, 2.24) is 0 Å². The number of ketones is 2. The van der Waals surface area contributed by atoms with Crippen LogP contribution in [0, 0.1) is 11.8 Å². The number of hydrogen-bond acceptors (Lipinski definition) is 6. The van der Waals surface area contributed by atoms with Gasteiger partial charge in [0.2, 0.25) is 29.0 Å². The molecule has 1 spiro atoms. The second-order valence-electron chi connectivity index (χ2n) is 8.75. The molecule has 174 valence electrons. The summed E-state index contributed by atoms with van der Waals surface area (Å²) >= 11 is 6.00. The number of carbonyl (C=O) groups is 4. The first-order valence-corrected chi connectivity index (χ1v) is 11.4. The molecule has 7 nitrogen and oxygen atoms in total. The molecular weight excluding hydrogens is 470 g/mol. The van der Waals surface area contributed by atoms with Crippen LogP contribution in [0.2, 0.25) is 5.02 Å². The molecule has 0 N–H and O–H groups in total. The zero-order valence-electron chi connectivity index (χ0n) is 18.4. The number of anilines is 1. The maximum Gasteiger partial charge on any atom is 0.241 e. The molecular formula is C27H18ClNO6. The van der Waals surface area contributed by atoms with Gasteiger partial charge in [0, 0.05) is 16.1 Å². The van der Waals surface area contributed by atoms with Crippen molar-refractivity contribution in [3.8, 4) is 5.75 Å². The third-order valence-electron chi connectivity index (χ3n) is 7.03. The van der Waals surface area contributed by atoms with Crippen LogP contribution in [0.3, 0.4) is 0 Å². The van der Waals surface area contributed by atoms with Crippen LogP contribution < -0.4 is 9.64 Å². The van der Waals surface area contributed by atoms with Gasteiger partial charge < -0.3 is 9.47 Å². The van der Waals surface area contributed by atoms with Crippen molar-refractivity contribution in [1.29, 1.82) is 0 Å². The van der Waals surface area contributed by atoms with E-state index in [2.05, 4.69) is 0 Å². The van der Waals surface area contributed by atoms with Gasteiger partial charge >= 0.3 is 0 Å². The number of halogens is 1. The van der Waals surface area contributed by atoms with Gasteiger partial charge in [0.25, 0.3) is 0 Å². The van der Waals surface area contributed by atoms with Crippen LogP contribution >= 0.6 is 11.6 Å². The average molecular weight is 488 g/mol. The first kappa shape index (κ1) is 21.7. The summed E-state index contributed by atoms with van der Waals surface area (Å²) in [5, 5.41) is 0.443. The van der Waals surface area contributed by atoms with Crippen LogP contribution in [-0.2, 0) is 14.3 Å². The van der Waals surface area contributed by atoms with Gasteiger partial charge in [-0.25, -0.2) is 4.90 Å². The lowest BCUT2D eigenvalue weighted by Crippen LogP contribution is -2.51. The van der Waals surface area contributed by atoms with Gasteiger partial charge in [-0.05, 0) is 42.0 Å². The number of amides is 2. The van der Waals surface area contributed by atoms with Gasteiger partial charge in [-0.3, -0.25) is 19.2 Å². The summed E-state index contributed by atoms with van der Waals surface area (Å²) in [6, 6.07) is 19.5. The summed E-state index contributed by atoms with van der Waals surface area (Å²) < 4.78 is 11.6. The molecule has 3 aromatic carbocycles. The minimum absolute atomic E-state index is 0.188. The smallest absolute Gasteiger partial charge is 0.241 e. The van der Waals surface area contributed by atoms with E-state index < -0.39 is 46.9 Å². The molecule has 0 saturated carbocycles. The summed E-state index contributed by atoms with van der Waals surface area (Å²) in [5.41, 5.74) is -0.892. The number of fused-ring (bicyclic) bond motifs is 3. The molecule has 2 amide bonds. The zero-order valence-corrected chi connectivity index (χ0v) is 19.2. The number of Topliss-reactive ketones (excluding diaryl/α,β-unsaturated/α-hetero) is 2. The van der Waals surface area contributed by atoms with Crippen LogP contribution in [0.25, 0.3) is 0 Å². The molecule has 1 aliphatic carbocycles. The van der Waals surface area contributed by atoms with Crippen molar-refractivity contribution in [3.63, 3.8) is 0 Å². The molecule has 2 heterocycles. The van der Waals surface area contributed by atoms with Crippen LogP contribution in [0.15, 0.2) is 72.8 Å². The lowest BCUT2D eigenvalue weighted by atomic mass is 9.77. The summed E-state index contributed by atoms with van der Waals surface area (Å²) in [7, 11) is 1.51. The van der Waals surface area contributed by atoms with Crippen molar-refractivity contribution < 1.29 is 28.7 Å². The Balaban J connectivity index is 1.54. The van der Waals surface area contributed by atoms with Crippen LogP contribution in [-0.4, -0.2) is 36.1 Å². The summed E-state index contributed by atoms with van der Waals surface area (Å²) in [6.45, 7) is 0. The zero-order chi connectivity index (χ0) is 24.5. The maximum absolute atomic E-state index is 13.8. The summed E-state index contributed by atoms with van der Waals surface area (Å²) in [4.78, 5) is 56.2. The molecule has 8 heteroatoms. The molecule has 3 atom stereocenters. The van der Waals surface area contributed by atoms with E-state index in [-0.39, 0.29) is 11.1 Å². The van der Waals surface area contributed by atoms with E-state index >= 15 is 0 Å². The average Bonchev–Trinajstić information content (AvgIpc) is 3.45. The lowest BCUT2D eigenvalue weighted by molar-refractivity contribution is -0.127. The minimum Gasteiger partial charge on any atom is -0.497 e. The van der Waals surface area contributed by atoms with Crippen LogP contribution in [0.4, 0.5) is 5.69 Å². The highest BCUT2D eigenvalue weighted by atomic mass is 35.5. The second kappa shape index (κ2) is 7.60. The molecule has 0 aromatic heterocycles. The van der Waals surface area contributed by atoms with Crippen molar-refractivity contribution in [2.75, 3.05) is 12.0 Å². The quantitative estimate of drug-likeness (QED) is 0.409. The number of carbonyl (C=O) groups excluding carboxylic acids is 4. The topological polar surface area (TPSA) is 90.0 Å². The van der Waals surface area contributed by atoms with Crippen LogP contribution in [0.5, 0.6) is 5.75 Å². The second-order valence-corrected chi connectivity index (χ2v) is 9.18. The number of methoxy groups -OCH3 is 1. The van der Waals surface area contributed by atoms with E-state index in [1.165, 1.54) is 7.11 Å². The summed E-state index contributed by atoms with van der Waals surface area (Å²) in [6.07, 6.45) is -1.01. The van der Waals surface area contributed by atoms with E-state index in [1.807, 2.05) is 0 Å². The normalized spacial score (nSPS) is 24.3. The highest BCUT2D eigenvalue weighted by Gasteiger charge is 2.74. The van der Waals surface area contributed by atoms with Gasteiger partial charge in [0.05, 0.1) is 30.7 Å². The molecule has 35 heavy (non-hydrogen) atoms. The van der Waals surface area contributed by atoms with E-state index in [4.69, 9.17) is 21.1 Å². The van der Waals surface area contributed by atoms with Gasteiger partial charge in [-0.15, -0.1) is 0 Å². The molecule has 3 aromatic rings. The van der Waals surface area contributed by atoms with Crippen LogP contribution in [0.1, 0.15) is 32.4 Å². The Morgan fingerprint density at radius 3 is 2.14 bits per heavy atom. The fourth-order valence-electron chi connectivity index (χ4n) is 5.48. The van der Waals surface area contributed by atoms with Gasteiger partial charge in [-0.1, -0.05) is 48.0 Å². The fraction of sp³-hybridized carbons (Fsp3) is 0.185. The Morgan fingerprint density at radius 1 is 0.857 bits per heavy atom.